The molecule has 3 aliphatic heterocycles. The quantitative estimate of drug-likeness (QED) is 0.725. The molecule has 7 heteroatoms. The Labute approximate surface area is 148 Å². The first-order valence-corrected chi connectivity index (χ1v) is 9.62. The van der Waals surface area contributed by atoms with Gasteiger partial charge in [-0.3, -0.25) is 9.59 Å². The largest absolute Gasteiger partial charge is 0.341 e. The molecule has 3 heterocycles. The van der Waals surface area contributed by atoms with Crippen molar-refractivity contribution in [2.45, 2.75) is 63.5 Å². The molecule has 3 saturated heterocycles. The highest BCUT2D eigenvalue weighted by atomic mass is 16.2. The molecule has 7 nitrogen and oxygen atoms in total. The van der Waals surface area contributed by atoms with Crippen LogP contribution in [0.5, 0.6) is 0 Å². The summed E-state index contributed by atoms with van der Waals surface area (Å²) >= 11 is 0. The molecule has 4 fully saturated rings. The Balaban J connectivity index is 1.42. The number of nitrogens with zero attached hydrogens (tertiary/aromatic N) is 2. The number of likely N-dealkylation sites (tertiary alicyclic amines) is 1. The van der Waals surface area contributed by atoms with Crippen LogP contribution >= 0.6 is 0 Å². The predicted octanol–water partition coefficient (Wildman–Crippen LogP) is 0.842. The van der Waals surface area contributed by atoms with Gasteiger partial charge in [0.25, 0.3) is 5.91 Å². The number of hydrogen-bond acceptors (Lipinski definition) is 4. The lowest BCUT2D eigenvalue weighted by molar-refractivity contribution is -0.144. The van der Waals surface area contributed by atoms with Crippen LogP contribution in [0.1, 0.15) is 51.9 Å². The van der Waals surface area contributed by atoms with Crippen LogP contribution in [0, 0.1) is 5.41 Å². The minimum absolute atomic E-state index is 0.0978. The molecule has 1 aliphatic carbocycles. The third-order valence-corrected chi connectivity index (χ3v) is 6.86. The van der Waals surface area contributed by atoms with Gasteiger partial charge in [-0.05, 0) is 51.0 Å². The fourth-order valence-corrected chi connectivity index (χ4v) is 5.11. The molecular weight excluding hydrogens is 320 g/mol. The van der Waals surface area contributed by atoms with E-state index in [4.69, 9.17) is 0 Å². The summed E-state index contributed by atoms with van der Waals surface area (Å²) in [7, 11) is 0. The Hall–Kier alpha value is -1.63. The van der Waals surface area contributed by atoms with Crippen LogP contribution in [-0.4, -0.2) is 65.4 Å². The monoisotopic (exact) mass is 348 g/mol. The number of hydrogen-bond donors (Lipinski definition) is 2. The van der Waals surface area contributed by atoms with Gasteiger partial charge in [0, 0.05) is 19.6 Å². The van der Waals surface area contributed by atoms with Crippen LogP contribution in [0.25, 0.3) is 0 Å². The van der Waals surface area contributed by atoms with Crippen molar-refractivity contribution < 1.29 is 14.4 Å². The third-order valence-electron chi connectivity index (χ3n) is 6.86. The number of urea groups is 1. The minimum atomic E-state index is -0.743. The summed E-state index contributed by atoms with van der Waals surface area (Å²) in [5.74, 6) is -0.302. The van der Waals surface area contributed by atoms with Crippen molar-refractivity contribution in [2.24, 2.45) is 5.41 Å². The highest BCUT2D eigenvalue weighted by Gasteiger charge is 2.55. The lowest BCUT2D eigenvalue weighted by Gasteiger charge is -2.40. The number of imide groups is 1. The molecule has 138 valence electrons. The molecule has 1 atom stereocenters. The highest BCUT2D eigenvalue weighted by Crippen LogP contribution is 2.38. The molecule has 4 amide bonds. The second-order valence-electron chi connectivity index (χ2n) is 8.32. The summed E-state index contributed by atoms with van der Waals surface area (Å²) in [5, 5.41) is 6.29. The lowest BCUT2D eigenvalue weighted by Crippen LogP contribution is -2.53. The van der Waals surface area contributed by atoms with Crippen LogP contribution in [0.3, 0.4) is 0 Å². The Bertz CT molecular complexity index is 583. The molecule has 0 aromatic heterocycles. The van der Waals surface area contributed by atoms with Crippen molar-refractivity contribution in [3.8, 4) is 0 Å². The van der Waals surface area contributed by atoms with Gasteiger partial charge < -0.3 is 15.5 Å². The minimum Gasteiger partial charge on any atom is -0.341 e. The van der Waals surface area contributed by atoms with Crippen LogP contribution in [0.4, 0.5) is 4.79 Å². The van der Waals surface area contributed by atoms with E-state index in [9.17, 15) is 14.4 Å². The summed E-state index contributed by atoms with van der Waals surface area (Å²) in [6, 6.07) is -1.12. The molecule has 2 N–H and O–H groups in total. The van der Waals surface area contributed by atoms with E-state index >= 15 is 0 Å². The molecule has 4 aliphatic rings. The topological polar surface area (TPSA) is 81.8 Å². The Morgan fingerprint density at radius 1 is 1.08 bits per heavy atom. The summed E-state index contributed by atoms with van der Waals surface area (Å²) < 4.78 is 0. The third kappa shape index (κ3) is 2.63. The highest BCUT2D eigenvalue weighted by molar-refractivity contribution is 6.09. The van der Waals surface area contributed by atoms with Crippen molar-refractivity contribution in [3.63, 3.8) is 0 Å². The second kappa shape index (κ2) is 5.97. The number of carbonyl (C=O) groups is 3. The maximum absolute atomic E-state index is 12.9. The van der Waals surface area contributed by atoms with Gasteiger partial charge in [0.15, 0.2) is 0 Å². The fraction of sp³-hybridized carbons (Fsp3) is 0.833. The standard InChI is InChI=1S/C18H28N4O3/c1-13(22-15(24)18(20-16(22)25)4-2-3-5-18)14(23)21-10-7-17(8-11-21)6-9-19-12-17/h13,19H,2-12H2,1H3,(H,20,25). The van der Waals surface area contributed by atoms with E-state index in [1.807, 2.05) is 4.90 Å². The van der Waals surface area contributed by atoms with E-state index in [2.05, 4.69) is 10.6 Å². The van der Waals surface area contributed by atoms with Gasteiger partial charge in [-0.25, -0.2) is 9.69 Å². The van der Waals surface area contributed by atoms with Crippen LogP contribution in [-0.2, 0) is 9.59 Å². The molecule has 1 saturated carbocycles. The Kier molecular flexibility index (Phi) is 4.02. The average Bonchev–Trinajstić information content (AvgIpc) is 3.30. The Morgan fingerprint density at radius 2 is 1.76 bits per heavy atom. The van der Waals surface area contributed by atoms with Crippen molar-refractivity contribution in [2.75, 3.05) is 26.2 Å². The zero-order valence-corrected chi connectivity index (χ0v) is 15.0. The average molecular weight is 348 g/mol. The van der Waals surface area contributed by atoms with E-state index in [0.717, 1.165) is 51.9 Å². The molecule has 0 radical (unpaired) electrons. The number of nitrogens with one attached hydrogen (secondary N) is 2. The van der Waals surface area contributed by atoms with E-state index < -0.39 is 17.6 Å². The number of piperidine rings is 1. The Morgan fingerprint density at radius 3 is 2.36 bits per heavy atom. The molecule has 4 rings (SSSR count). The van der Waals surface area contributed by atoms with E-state index in [-0.39, 0.29) is 11.8 Å². The molecule has 25 heavy (non-hydrogen) atoms. The summed E-state index contributed by atoms with van der Waals surface area (Å²) in [5.41, 5.74) is -0.401. The normalized spacial score (nSPS) is 28.8. The van der Waals surface area contributed by atoms with Crippen LogP contribution in [0.15, 0.2) is 0 Å². The molecule has 0 aromatic carbocycles. The molecule has 0 bridgehead atoms. The maximum atomic E-state index is 12.9. The van der Waals surface area contributed by atoms with E-state index in [0.29, 0.717) is 18.3 Å². The zero-order chi connectivity index (χ0) is 17.7. The van der Waals surface area contributed by atoms with Crippen LogP contribution < -0.4 is 10.6 Å². The molecule has 1 unspecified atom stereocenters. The molecule has 2 spiro atoms. The first-order chi connectivity index (χ1) is 12.0. The zero-order valence-electron chi connectivity index (χ0n) is 15.0. The molecule has 0 aromatic rings. The van der Waals surface area contributed by atoms with Gasteiger partial charge >= 0.3 is 6.03 Å². The van der Waals surface area contributed by atoms with Crippen molar-refractivity contribution in [1.82, 2.24) is 20.4 Å². The fourth-order valence-electron chi connectivity index (χ4n) is 5.11. The second-order valence-corrected chi connectivity index (χ2v) is 8.32. The van der Waals surface area contributed by atoms with Gasteiger partial charge in [0.1, 0.15) is 11.6 Å². The van der Waals surface area contributed by atoms with Crippen molar-refractivity contribution >= 4 is 17.8 Å². The van der Waals surface area contributed by atoms with Gasteiger partial charge in [-0.2, -0.15) is 0 Å². The SMILES string of the molecule is CC(C(=O)N1CCC2(CCNC2)CC1)N1C(=O)NC2(CCCC2)C1=O. The number of rotatable bonds is 2. The lowest BCUT2D eigenvalue weighted by atomic mass is 9.78. The number of carbonyl (C=O) groups excluding carboxylic acids is 3. The van der Waals surface area contributed by atoms with Crippen LogP contribution in [0.2, 0.25) is 0 Å². The van der Waals surface area contributed by atoms with Crippen molar-refractivity contribution in [3.05, 3.63) is 0 Å². The smallest absolute Gasteiger partial charge is 0.325 e. The van der Waals surface area contributed by atoms with Gasteiger partial charge in [-0.1, -0.05) is 12.8 Å². The summed E-state index contributed by atoms with van der Waals surface area (Å²) in [6.07, 6.45) is 6.46. The maximum Gasteiger partial charge on any atom is 0.325 e. The summed E-state index contributed by atoms with van der Waals surface area (Å²) in [6.45, 7) is 5.24. The van der Waals surface area contributed by atoms with Gasteiger partial charge in [-0.15, -0.1) is 0 Å². The summed E-state index contributed by atoms with van der Waals surface area (Å²) in [4.78, 5) is 41.2. The molecular formula is C18H28N4O3. The van der Waals surface area contributed by atoms with E-state index in [1.165, 1.54) is 11.3 Å². The predicted molar refractivity (Wildman–Crippen MR) is 91.8 cm³/mol. The van der Waals surface area contributed by atoms with Gasteiger partial charge in [0.2, 0.25) is 5.91 Å². The number of amides is 4. The van der Waals surface area contributed by atoms with E-state index in [1.54, 1.807) is 6.92 Å². The van der Waals surface area contributed by atoms with Crippen molar-refractivity contribution in [1.29, 1.82) is 0 Å². The van der Waals surface area contributed by atoms with Gasteiger partial charge in [0.05, 0.1) is 0 Å². The first-order valence-electron chi connectivity index (χ1n) is 9.62. The first kappa shape index (κ1) is 16.8.